The Labute approximate surface area is 204 Å². The van der Waals surface area contributed by atoms with Crippen molar-refractivity contribution in [1.29, 1.82) is 0 Å². The van der Waals surface area contributed by atoms with Crippen LogP contribution in [-0.2, 0) is 29.1 Å². The highest BCUT2D eigenvalue weighted by Crippen LogP contribution is 2.31. The molecule has 3 aromatic carbocycles. The van der Waals surface area contributed by atoms with Gasteiger partial charge in [-0.3, -0.25) is 24.5 Å². The Bertz CT molecular complexity index is 1470. The normalized spacial score (nSPS) is 12.2. The van der Waals surface area contributed by atoms with Crippen LogP contribution in [0.1, 0.15) is 28.3 Å². The number of halogens is 1. The van der Waals surface area contributed by atoms with E-state index in [-0.39, 0.29) is 25.3 Å². The number of fused-ring (bicyclic) bond motifs is 3. The molecule has 0 radical (unpaired) electrons. The third-order valence-corrected chi connectivity index (χ3v) is 5.87. The average Bonchev–Trinajstić information content (AvgIpc) is 3.19. The van der Waals surface area contributed by atoms with Gasteiger partial charge in [-0.2, -0.15) is 0 Å². The number of rotatable bonds is 6. The summed E-state index contributed by atoms with van der Waals surface area (Å²) in [5, 5.41) is 20.4. The lowest BCUT2D eigenvalue weighted by Crippen LogP contribution is -2.13. The van der Waals surface area contributed by atoms with Gasteiger partial charge in [0.2, 0.25) is 0 Å². The Morgan fingerprint density at radius 2 is 1.80 bits per heavy atom. The van der Waals surface area contributed by atoms with Crippen LogP contribution >= 0.6 is 11.6 Å². The molecule has 0 saturated heterocycles. The van der Waals surface area contributed by atoms with E-state index >= 15 is 0 Å². The van der Waals surface area contributed by atoms with Crippen molar-refractivity contribution in [2.24, 2.45) is 4.99 Å². The quantitative estimate of drug-likeness (QED) is 0.225. The van der Waals surface area contributed by atoms with E-state index in [1.807, 2.05) is 42.5 Å². The van der Waals surface area contributed by atoms with Crippen LogP contribution in [0.25, 0.3) is 5.69 Å². The summed E-state index contributed by atoms with van der Waals surface area (Å²) in [5.41, 5.74) is 2.99. The maximum atomic E-state index is 12.4. The van der Waals surface area contributed by atoms with E-state index in [2.05, 4.69) is 15.2 Å². The van der Waals surface area contributed by atoms with Crippen LogP contribution in [-0.4, -0.2) is 31.4 Å². The van der Waals surface area contributed by atoms with Gasteiger partial charge in [0.15, 0.2) is 18.3 Å². The molecule has 0 aliphatic carbocycles. The fourth-order valence-corrected chi connectivity index (χ4v) is 4.15. The number of nitro benzene ring substituents is 1. The largest absolute Gasteiger partial charge is 0.457 e. The summed E-state index contributed by atoms with van der Waals surface area (Å²) in [6.45, 7) is 0.0461. The second kappa shape index (κ2) is 9.47. The summed E-state index contributed by atoms with van der Waals surface area (Å²) < 4.78 is 7.20. The van der Waals surface area contributed by atoms with Crippen molar-refractivity contribution >= 4 is 29.0 Å². The first-order valence-electron chi connectivity index (χ1n) is 10.7. The summed E-state index contributed by atoms with van der Waals surface area (Å²) in [6.07, 6.45) is 0.129. The van der Waals surface area contributed by atoms with E-state index in [4.69, 9.17) is 16.3 Å². The summed E-state index contributed by atoms with van der Waals surface area (Å²) in [6, 6.07) is 20.9. The van der Waals surface area contributed by atoms with Gasteiger partial charge in [0, 0.05) is 28.3 Å². The predicted octanol–water partition coefficient (Wildman–Crippen LogP) is 4.47. The number of esters is 1. The molecule has 0 atom stereocenters. The number of aromatic nitrogens is 3. The van der Waals surface area contributed by atoms with Crippen LogP contribution in [0.5, 0.6) is 0 Å². The number of aliphatic imine (C=N–C) groups is 1. The molecule has 5 rings (SSSR count). The first-order chi connectivity index (χ1) is 17.0. The topological polar surface area (TPSA) is 113 Å². The van der Waals surface area contributed by atoms with Crippen LogP contribution in [0.15, 0.2) is 77.8 Å². The fourth-order valence-electron chi connectivity index (χ4n) is 3.93. The van der Waals surface area contributed by atoms with Gasteiger partial charge in [0.1, 0.15) is 6.54 Å². The van der Waals surface area contributed by atoms with Crippen LogP contribution < -0.4 is 0 Å². The molecule has 0 N–H and O–H groups in total. The van der Waals surface area contributed by atoms with Gasteiger partial charge in [-0.1, -0.05) is 60.1 Å². The molecule has 0 unspecified atom stereocenters. The van der Waals surface area contributed by atoms with Gasteiger partial charge in [-0.15, -0.1) is 10.2 Å². The Morgan fingerprint density at radius 1 is 1.03 bits per heavy atom. The first kappa shape index (κ1) is 22.4. The van der Waals surface area contributed by atoms with E-state index in [0.717, 1.165) is 5.56 Å². The number of nitrogens with zero attached hydrogens (tertiary/aromatic N) is 5. The van der Waals surface area contributed by atoms with Crippen molar-refractivity contribution in [3.63, 3.8) is 0 Å². The lowest BCUT2D eigenvalue weighted by molar-refractivity contribution is -0.384. The van der Waals surface area contributed by atoms with Crippen molar-refractivity contribution in [3.8, 4) is 5.69 Å². The van der Waals surface area contributed by atoms with E-state index < -0.39 is 10.9 Å². The third kappa shape index (κ3) is 4.53. The number of hydrogen-bond donors (Lipinski definition) is 0. The lowest BCUT2D eigenvalue weighted by Gasteiger charge is -2.14. The van der Waals surface area contributed by atoms with Crippen molar-refractivity contribution in [1.82, 2.24) is 14.8 Å². The number of hydrogen-bond acceptors (Lipinski definition) is 7. The number of ether oxygens (including phenoxy) is 1. The molecule has 0 saturated carbocycles. The van der Waals surface area contributed by atoms with Gasteiger partial charge in [-0.25, -0.2) is 0 Å². The molecule has 10 heteroatoms. The van der Waals surface area contributed by atoms with Crippen molar-refractivity contribution in [2.45, 2.75) is 19.6 Å². The van der Waals surface area contributed by atoms with E-state index in [1.54, 1.807) is 22.8 Å². The molecule has 0 spiro atoms. The zero-order chi connectivity index (χ0) is 24.4. The number of benzene rings is 3. The van der Waals surface area contributed by atoms with Crippen molar-refractivity contribution in [2.75, 3.05) is 0 Å². The third-order valence-electron chi connectivity index (χ3n) is 5.55. The summed E-state index contributed by atoms with van der Waals surface area (Å²) in [7, 11) is 0. The minimum absolute atomic E-state index is 0.0872. The second-order valence-electron chi connectivity index (χ2n) is 7.79. The van der Waals surface area contributed by atoms with Crippen LogP contribution in [0.2, 0.25) is 5.02 Å². The molecule has 0 bridgehead atoms. The molecule has 1 aromatic heterocycles. The first-order valence-corrected chi connectivity index (χ1v) is 11.1. The molecule has 174 valence electrons. The minimum Gasteiger partial charge on any atom is -0.457 e. The fraction of sp³-hybridized carbons (Fsp3) is 0.120. The summed E-state index contributed by atoms with van der Waals surface area (Å²) in [4.78, 5) is 28.1. The SMILES string of the molecule is O=C(Cc1ccccc1)OCc1nnc2n1-c1ccc([N+](=O)[O-])cc1C(c1ccccc1Cl)=NC2. The standard InChI is InChI=1S/C25H18ClN5O4/c26-20-9-5-4-8-18(20)25-19-13-17(31(33)34)10-11-21(19)30-22(14-27-25)28-29-23(30)15-35-24(32)12-16-6-2-1-3-7-16/h1-11,13H,12,14-15H2. The van der Waals surface area contributed by atoms with Crippen LogP contribution in [0.4, 0.5) is 5.69 Å². The molecule has 0 amide bonds. The molecule has 4 aromatic rings. The Balaban J connectivity index is 1.51. The highest BCUT2D eigenvalue weighted by Gasteiger charge is 2.26. The van der Waals surface area contributed by atoms with E-state index in [1.165, 1.54) is 12.1 Å². The van der Waals surface area contributed by atoms with Crippen molar-refractivity contribution in [3.05, 3.63) is 116 Å². The van der Waals surface area contributed by atoms with Crippen molar-refractivity contribution < 1.29 is 14.5 Å². The summed E-state index contributed by atoms with van der Waals surface area (Å²) >= 11 is 6.44. The molecule has 1 aliphatic heterocycles. The minimum atomic E-state index is -0.464. The van der Waals surface area contributed by atoms with Gasteiger partial charge in [0.25, 0.3) is 5.69 Å². The molecule has 1 aliphatic rings. The molecule has 2 heterocycles. The van der Waals surface area contributed by atoms with Gasteiger partial charge in [0.05, 0.1) is 22.7 Å². The maximum absolute atomic E-state index is 12.4. The average molecular weight is 488 g/mol. The second-order valence-corrected chi connectivity index (χ2v) is 8.20. The monoisotopic (exact) mass is 487 g/mol. The zero-order valence-electron chi connectivity index (χ0n) is 18.3. The molecule has 0 fully saturated rings. The van der Waals surface area contributed by atoms with Gasteiger partial charge >= 0.3 is 5.97 Å². The number of carbonyl (C=O) groups is 1. The number of non-ortho nitro benzene ring substituents is 1. The zero-order valence-corrected chi connectivity index (χ0v) is 19.1. The predicted molar refractivity (Wildman–Crippen MR) is 129 cm³/mol. The number of carbonyl (C=O) groups excluding carboxylic acids is 1. The highest BCUT2D eigenvalue weighted by atomic mass is 35.5. The van der Waals surface area contributed by atoms with Gasteiger partial charge < -0.3 is 4.74 Å². The summed E-state index contributed by atoms with van der Waals surface area (Å²) in [5.74, 6) is 0.488. The van der Waals surface area contributed by atoms with Gasteiger partial charge in [-0.05, 0) is 17.7 Å². The Hall–Kier alpha value is -4.37. The molecular formula is C25H18ClN5O4. The Kier molecular flexibility index (Phi) is 6.07. The highest BCUT2D eigenvalue weighted by molar-refractivity contribution is 6.35. The Morgan fingerprint density at radius 3 is 2.57 bits per heavy atom. The van der Waals surface area contributed by atoms with E-state index in [9.17, 15) is 14.9 Å². The van der Waals surface area contributed by atoms with Crippen LogP contribution in [0, 0.1) is 10.1 Å². The maximum Gasteiger partial charge on any atom is 0.310 e. The smallest absolute Gasteiger partial charge is 0.310 e. The number of nitro groups is 1. The molecular weight excluding hydrogens is 470 g/mol. The van der Waals surface area contributed by atoms with Crippen LogP contribution in [0.3, 0.4) is 0 Å². The molecule has 9 nitrogen and oxygen atoms in total. The van der Waals surface area contributed by atoms with E-state index in [0.29, 0.717) is 39.2 Å². The lowest BCUT2D eigenvalue weighted by atomic mass is 9.99. The molecule has 35 heavy (non-hydrogen) atoms.